The summed E-state index contributed by atoms with van der Waals surface area (Å²) in [5, 5.41) is 13.4. The average molecular weight is 483 g/mol. The molecule has 0 saturated heterocycles. The van der Waals surface area contributed by atoms with Crippen molar-refractivity contribution in [2.24, 2.45) is 0 Å². The van der Waals surface area contributed by atoms with E-state index in [1.54, 1.807) is 49.6 Å². The van der Waals surface area contributed by atoms with Gasteiger partial charge in [0.05, 0.1) is 12.7 Å². The van der Waals surface area contributed by atoms with Crippen molar-refractivity contribution >= 4 is 41.6 Å². The van der Waals surface area contributed by atoms with Crippen molar-refractivity contribution in [3.8, 4) is 11.5 Å². The van der Waals surface area contributed by atoms with Crippen LogP contribution < -0.4 is 14.8 Å². The fourth-order valence-electron chi connectivity index (χ4n) is 2.88. The van der Waals surface area contributed by atoms with Crippen LogP contribution >= 0.6 is 35.6 Å². The van der Waals surface area contributed by atoms with Crippen molar-refractivity contribution in [1.29, 1.82) is 0 Å². The summed E-state index contributed by atoms with van der Waals surface area (Å²) in [6.45, 7) is 1.47. The Labute approximate surface area is 197 Å². The van der Waals surface area contributed by atoms with Gasteiger partial charge in [-0.3, -0.25) is 0 Å². The van der Waals surface area contributed by atoms with Crippen molar-refractivity contribution in [1.82, 2.24) is 5.32 Å². The predicted octanol–water partition coefficient (Wildman–Crippen LogP) is 5.99. The number of aromatic carboxylic acids is 1. The van der Waals surface area contributed by atoms with Gasteiger partial charge in [-0.15, -0.1) is 12.4 Å². The summed E-state index contributed by atoms with van der Waals surface area (Å²) in [5.41, 5.74) is 3.03. The summed E-state index contributed by atoms with van der Waals surface area (Å²) >= 11 is 12.4. The maximum Gasteiger partial charge on any atom is 0.335 e. The van der Waals surface area contributed by atoms with Crippen LogP contribution in [-0.2, 0) is 19.7 Å². The summed E-state index contributed by atoms with van der Waals surface area (Å²) in [7, 11) is 1.59. The van der Waals surface area contributed by atoms with E-state index in [0.717, 1.165) is 16.7 Å². The molecule has 0 aliphatic heterocycles. The average Bonchev–Trinajstić information content (AvgIpc) is 2.74. The topological polar surface area (TPSA) is 67.8 Å². The van der Waals surface area contributed by atoms with Gasteiger partial charge in [0.2, 0.25) is 0 Å². The molecule has 0 spiro atoms. The van der Waals surface area contributed by atoms with E-state index >= 15 is 0 Å². The Morgan fingerprint density at radius 3 is 2.16 bits per heavy atom. The molecule has 0 aliphatic rings. The lowest BCUT2D eigenvalue weighted by Crippen LogP contribution is -2.13. The van der Waals surface area contributed by atoms with Crippen molar-refractivity contribution in [3.05, 3.63) is 93.0 Å². The number of carboxylic acids is 1. The van der Waals surface area contributed by atoms with E-state index in [4.69, 9.17) is 37.8 Å². The van der Waals surface area contributed by atoms with Gasteiger partial charge in [-0.2, -0.15) is 0 Å². The van der Waals surface area contributed by atoms with Crippen molar-refractivity contribution in [2.75, 3.05) is 7.11 Å². The highest BCUT2D eigenvalue weighted by Gasteiger charge is 2.10. The fraction of sp³-hybridized carbons (Fsp3) is 0.174. The van der Waals surface area contributed by atoms with Crippen LogP contribution in [0.5, 0.6) is 11.5 Å². The lowest BCUT2D eigenvalue weighted by Gasteiger charge is -2.14. The van der Waals surface area contributed by atoms with E-state index in [1.807, 2.05) is 18.2 Å². The van der Waals surface area contributed by atoms with E-state index < -0.39 is 5.97 Å². The predicted molar refractivity (Wildman–Crippen MR) is 125 cm³/mol. The molecule has 3 aromatic carbocycles. The first-order valence-corrected chi connectivity index (χ1v) is 9.99. The zero-order valence-corrected chi connectivity index (χ0v) is 19.1. The third-order valence-electron chi connectivity index (χ3n) is 4.52. The first kappa shape index (κ1) is 24.8. The minimum atomic E-state index is -0.930. The van der Waals surface area contributed by atoms with Gasteiger partial charge >= 0.3 is 5.97 Å². The molecular weight excluding hydrogens is 461 g/mol. The van der Waals surface area contributed by atoms with Crippen molar-refractivity contribution < 1.29 is 19.4 Å². The maximum atomic E-state index is 10.9. The summed E-state index contributed by atoms with van der Waals surface area (Å²) in [6, 6.07) is 17.8. The summed E-state index contributed by atoms with van der Waals surface area (Å²) in [4.78, 5) is 10.9. The molecule has 0 radical (unpaired) electrons. The van der Waals surface area contributed by atoms with Gasteiger partial charge in [-0.25, -0.2) is 4.79 Å². The Hall–Kier alpha value is -2.44. The third-order valence-corrected chi connectivity index (χ3v) is 5.23. The van der Waals surface area contributed by atoms with Gasteiger partial charge in [0.15, 0.2) is 11.5 Å². The highest BCUT2D eigenvalue weighted by Crippen LogP contribution is 2.31. The maximum absolute atomic E-state index is 10.9. The van der Waals surface area contributed by atoms with Crippen LogP contribution in [0.2, 0.25) is 10.0 Å². The van der Waals surface area contributed by atoms with Crippen LogP contribution in [0.15, 0.2) is 60.7 Å². The third kappa shape index (κ3) is 6.77. The lowest BCUT2D eigenvalue weighted by molar-refractivity contribution is 0.0697. The van der Waals surface area contributed by atoms with Gasteiger partial charge in [-0.05, 0) is 47.5 Å². The molecule has 0 aromatic heterocycles. The zero-order valence-electron chi connectivity index (χ0n) is 16.7. The molecule has 0 aliphatic carbocycles. The number of halogens is 3. The number of hydrogen-bond acceptors (Lipinski definition) is 4. The molecule has 0 amide bonds. The largest absolute Gasteiger partial charge is 0.493 e. The number of hydrogen-bond donors (Lipinski definition) is 2. The molecule has 0 saturated carbocycles. The van der Waals surface area contributed by atoms with Gasteiger partial charge in [0, 0.05) is 28.7 Å². The number of methoxy groups -OCH3 is 1. The normalized spacial score (nSPS) is 10.3. The highest BCUT2D eigenvalue weighted by molar-refractivity contribution is 6.35. The Morgan fingerprint density at radius 2 is 1.55 bits per heavy atom. The SMILES string of the molecule is COc1cc(CNCc2ccc(C(=O)O)cc2)ccc1OCc1c(Cl)cccc1Cl.Cl. The number of rotatable bonds is 9. The van der Waals surface area contributed by atoms with Gasteiger partial charge in [0.25, 0.3) is 0 Å². The van der Waals surface area contributed by atoms with Crippen LogP contribution in [0.25, 0.3) is 0 Å². The summed E-state index contributed by atoms with van der Waals surface area (Å²) in [6.07, 6.45) is 0. The Balaban J connectivity index is 0.00000341. The molecule has 3 aromatic rings. The monoisotopic (exact) mass is 481 g/mol. The highest BCUT2D eigenvalue weighted by atomic mass is 35.5. The van der Waals surface area contributed by atoms with Gasteiger partial charge < -0.3 is 19.9 Å². The standard InChI is InChI=1S/C23H21Cl2NO4.ClH/c1-29-22-11-16(13-26-12-15-5-8-17(9-6-15)23(27)28)7-10-21(22)30-14-18-19(24)3-2-4-20(18)25;/h2-11,26H,12-14H2,1H3,(H,27,28);1H. The Bertz CT molecular complexity index is 1010. The zero-order chi connectivity index (χ0) is 21.5. The van der Waals surface area contributed by atoms with Crippen LogP contribution in [0.1, 0.15) is 27.0 Å². The number of ether oxygens (including phenoxy) is 2. The molecule has 0 bridgehead atoms. The summed E-state index contributed by atoms with van der Waals surface area (Å²) < 4.78 is 11.3. The number of carbonyl (C=O) groups is 1. The lowest BCUT2D eigenvalue weighted by atomic mass is 10.1. The molecule has 5 nitrogen and oxygen atoms in total. The number of carboxylic acid groups (broad SMARTS) is 1. The molecule has 2 N–H and O–H groups in total. The quantitative estimate of drug-likeness (QED) is 0.392. The fourth-order valence-corrected chi connectivity index (χ4v) is 3.38. The minimum Gasteiger partial charge on any atom is -0.493 e. The van der Waals surface area contributed by atoms with E-state index in [1.165, 1.54) is 0 Å². The molecule has 0 atom stereocenters. The number of benzene rings is 3. The van der Waals surface area contributed by atoms with Crippen LogP contribution in [-0.4, -0.2) is 18.2 Å². The molecule has 3 rings (SSSR count). The molecule has 0 unspecified atom stereocenters. The smallest absolute Gasteiger partial charge is 0.335 e. The second-order valence-corrected chi connectivity index (χ2v) is 7.39. The second kappa shape index (κ2) is 11.8. The molecule has 0 heterocycles. The Morgan fingerprint density at radius 1 is 0.935 bits per heavy atom. The van der Waals surface area contributed by atoms with Crippen molar-refractivity contribution in [3.63, 3.8) is 0 Å². The van der Waals surface area contributed by atoms with E-state index in [9.17, 15) is 4.79 Å². The Kier molecular flexibility index (Phi) is 9.46. The van der Waals surface area contributed by atoms with E-state index in [0.29, 0.717) is 34.6 Å². The van der Waals surface area contributed by atoms with Gasteiger partial charge in [-0.1, -0.05) is 47.5 Å². The molecule has 8 heteroatoms. The van der Waals surface area contributed by atoms with Crippen LogP contribution in [0.3, 0.4) is 0 Å². The molecular formula is C23H22Cl3NO4. The molecule has 164 valence electrons. The summed E-state index contributed by atoms with van der Waals surface area (Å²) in [5.74, 6) is 0.283. The minimum absolute atomic E-state index is 0. The van der Waals surface area contributed by atoms with Gasteiger partial charge in [0.1, 0.15) is 6.61 Å². The van der Waals surface area contributed by atoms with E-state index in [-0.39, 0.29) is 24.6 Å². The van der Waals surface area contributed by atoms with E-state index in [2.05, 4.69) is 5.32 Å². The van der Waals surface area contributed by atoms with Crippen LogP contribution in [0.4, 0.5) is 0 Å². The van der Waals surface area contributed by atoms with Crippen molar-refractivity contribution in [2.45, 2.75) is 19.7 Å². The first-order valence-electron chi connectivity index (χ1n) is 9.23. The molecule has 0 fully saturated rings. The molecule has 31 heavy (non-hydrogen) atoms. The number of nitrogens with one attached hydrogen (secondary N) is 1. The second-order valence-electron chi connectivity index (χ2n) is 6.58. The van der Waals surface area contributed by atoms with Crippen LogP contribution in [0, 0.1) is 0 Å². The first-order chi connectivity index (χ1) is 14.5.